The molecule has 0 radical (unpaired) electrons. The Morgan fingerprint density at radius 3 is 2.37 bits per heavy atom. The number of carbonyl (C=O) groups is 1. The molecular formula is C25H35F4N5O. The van der Waals surface area contributed by atoms with Gasteiger partial charge in [0.15, 0.2) is 0 Å². The number of rotatable bonds is 4. The Labute approximate surface area is 204 Å². The Morgan fingerprint density at radius 1 is 1.26 bits per heavy atom. The van der Waals surface area contributed by atoms with Crippen molar-refractivity contribution >= 4 is 23.1 Å². The van der Waals surface area contributed by atoms with Crippen LogP contribution in [0.15, 0.2) is 46.6 Å². The van der Waals surface area contributed by atoms with Gasteiger partial charge in [0, 0.05) is 29.4 Å². The molecular weight excluding hydrogens is 462 g/mol. The molecule has 194 valence electrons. The Balaban J connectivity index is 0.000000759. The van der Waals surface area contributed by atoms with Crippen molar-refractivity contribution in [2.75, 3.05) is 18.8 Å². The summed E-state index contributed by atoms with van der Waals surface area (Å²) >= 11 is 0. The van der Waals surface area contributed by atoms with Gasteiger partial charge >= 0.3 is 6.18 Å². The number of nitrogens with two attached hydrogens (primary N) is 1. The van der Waals surface area contributed by atoms with E-state index in [9.17, 15) is 22.4 Å². The molecule has 0 aromatic heterocycles. The largest absolute Gasteiger partial charge is 0.398 e. The van der Waals surface area contributed by atoms with Gasteiger partial charge in [-0.15, -0.1) is 0 Å². The zero-order valence-corrected chi connectivity index (χ0v) is 20.7. The molecule has 1 unspecified atom stereocenters. The van der Waals surface area contributed by atoms with E-state index in [1.54, 1.807) is 6.08 Å². The molecule has 2 fully saturated rings. The number of halogens is 4. The Kier molecular flexibility index (Phi) is 12.4. The van der Waals surface area contributed by atoms with E-state index in [2.05, 4.69) is 15.6 Å². The highest BCUT2D eigenvalue weighted by molar-refractivity contribution is 6.20. The maximum atomic E-state index is 13.7. The number of nitrogen functional groups attached to an aromatic ring is 1. The van der Waals surface area contributed by atoms with Gasteiger partial charge in [-0.3, -0.25) is 10.2 Å². The van der Waals surface area contributed by atoms with Crippen LogP contribution in [0.25, 0.3) is 0 Å². The Bertz CT molecular complexity index is 955. The number of hydrogen-bond acceptors (Lipinski definition) is 5. The minimum Gasteiger partial charge on any atom is -0.398 e. The molecule has 0 bridgehead atoms. The van der Waals surface area contributed by atoms with Crippen LogP contribution < -0.4 is 16.4 Å². The molecule has 1 amide bonds. The third-order valence-electron chi connectivity index (χ3n) is 5.21. The summed E-state index contributed by atoms with van der Waals surface area (Å²) in [6.45, 7) is 9.65. The van der Waals surface area contributed by atoms with Crippen LogP contribution in [0.4, 0.5) is 23.2 Å². The summed E-state index contributed by atoms with van der Waals surface area (Å²) in [6.07, 6.45) is 0.786. The fraction of sp³-hybridized carbons (Fsp3) is 0.480. The number of aliphatic imine (C=N–C) groups is 1. The van der Waals surface area contributed by atoms with Gasteiger partial charge in [0.25, 0.3) is 0 Å². The molecule has 2 aliphatic heterocycles. The average molecular weight is 498 g/mol. The van der Waals surface area contributed by atoms with Gasteiger partial charge in [-0.1, -0.05) is 26.8 Å². The second-order valence-corrected chi connectivity index (χ2v) is 7.72. The van der Waals surface area contributed by atoms with Crippen LogP contribution in [0.3, 0.4) is 0 Å². The number of nitrogens with zero attached hydrogens (tertiary/aromatic N) is 1. The van der Waals surface area contributed by atoms with Gasteiger partial charge < -0.3 is 16.4 Å². The number of carbonyl (C=O) groups excluding carboxylic acids is 1. The quantitative estimate of drug-likeness (QED) is 0.251. The Hall–Kier alpha value is -3.01. The van der Waals surface area contributed by atoms with Crippen LogP contribution in [0.5, 0.6) is 0 Å². The summed E-state index contributed by atoms with van der Waals surface area (Å²) < 4.78 is 54.2. The SMILES string of the molecule is C1CCNC1.CC.CC/C=C/N=C1\NC(=O)CC(C(F)(F)F)\C1=C(\C)C(=N)c1ccc(F)cc1N. The summed E-state index contributed by atoms with van der Waals surface area (Å²) in [5.74, 6) is -3.80. The summed E-state index contributed by atoms with van der Waals surface area (Å²) in [6, 6.07) is 3.29. The van der Waals surface area contributed by atoms with E-state index in [0.29, 0.717) is 6.42 Å². The van der Waals surface area contributed by atoms with Gasteiger partial charge in [0.05, 0.1) is 11.6 Å². The third-order valence-corrected chi connectivity index (χ3v) is 5.21. The van der Waals surface area contributed by atoms with Gasteiger partial charge in [-0.05, 0) is 63.0 Å². The van der Waals surface area contributed by atoms with E-state index in [4.69, 9.17) is 11.1 Å². The van der Waals surface area contributed by atoms with E-state index < -0.39 is 30.2 Å². The van der Waals surface area contributed by atoms with Crippen LogP contribution in [0.1, 0.15) is 58.9 Å². The molecule has 6 nitrogen and oxygen atoms in total. The maximum absolute atomic E-state index is 13.7. The maximum Gasteiger partial charge on any atom is 0.396 e. The molecule has 5 N–H and O–H groups in total. The molecule has 2 aliphatic rings. The second kappa shape index (κ2) is 14.4. The summed E-state index contributed by atoms with van der Waals surface area (Å²) in [5, 5.41) is 13.9. The van der Waals surface area contributed by atoms with Crippen molar-refractivity contribution in [1.29, 1.82) is 5.41 Å². The predicted octanol–water partition coefficient (Wildman–Crippen LogP) is 5.51. The first-order valence-electron chi connectivity index (χ1n) is 11.7. The molecule has 2 heterocycles. The first kappa shape index (κ1) is 30.0. The fourth-order valence-electron chi connectivity index (χ4n) is 3.48. The van der Waals surface area contributed by atoms with Crippen molar-refractivity contribution in [2.24, 2.45) is 10.9 Å². The molecule has 10 heteroatoms. The zero-order valence-electron chi connectivity index (χ0n) is 20.7. The van der Waals surface area contributed by atoms with Crippen LogP contribution in [-0.4, -0.2) is 36.7 Å². The van der Waals surface area contributed by atoms with Crippen LogP contribution in [0, 0.1) is 17.1 Å². The van der Waals surface area contributed by atoms with Crippen LogP contribution in [-0.2, 0) is 4.79 Å². The summed E-state index contributed by atoms with van der Waals surface area (Å²) in [7, 11) is 0. The van der Waals surface area contributed by atoms with E-state index in [0.717, 1.165) is 12.1 Å². The number of amidine groups is 1. The molecule has 2 saturated heterocycles. The number of amides is 1. The van der Waals surface area contributed by atoms with Crippen molar-refractivity contribution in [1.82, 2.24) is 10.6 Å². The smallest absolute Gasteiger partial charge is 0.396 e. The van der Waals surface area contributed by atoms with Crippen molar-refractivity contribution in [3.63, 3.8) is 0 Å². The van der Waals surface area contributed by atoms with Gasteiger partial charge in [-0.2, -0.15) is 13.2 Å². The lowest BCUT2D eigenvalue weighted by molar-refractivity contribution is -0.169. The highest BCUT2D eigenvalue weighted by atomic mass is 19.4. The van der Waals surface area contributed by atoms with Crippen LogP contribution >= 0.6 is 0 Å². The standard InChI is InChI=1S/C19H20F4N4O.C4H9N.C2H6/c1-3-4-7-26-18-16(13(19(21,22)23)9-15(28)27-18)10(2)17(25)12-6-5-11(20)8-14(12)24;1-2-4-5-3-1;1-2/h4-8,13,25H,3,9,24H2,1-2H3,(H,26,27,28);5H,1-4H2;1-2H3/b7-4+,16-10+,25-17?;;. The molecule has 0 spiro atoms. The number of allylic oxidation sites excluding steroid dienone is 2. The summed E-state index contributed by atoms with van der Waals surface area (Å²) in [5.41, 5.74) is 5.09. The van der Waals surface area contributed by atoms with Crippen molar-refractivity contribution in [2.45, 2.75) is 59.6 Å². The molecule has 1 aromatic carbocycles. The minimum absolute atomic E-state index is 0.0516. The highest BCUT2D eigenvalue weighted by Crippen LogP contribution is 2.39. The number of alkyl halides is 3. The number of nitrogens with one attached hydrogen (secondary N) is 3. The second-order valence-electron chi connectivity index (χ2n) is 7.72. The van der Waals surface area contributed by atoms with E-state index >= 15 is 0 Å². The van der Waals surface area contributed by atoms with E-state index in [-0.39, 0.29) is 33.9 Å². The minimum atomic E-state index is -4.71. The summed E-state index contributed by atoms with van der Waals surface area (Å²) in [4.78, 5) is 15.8. The molecule has 3 rings (SSSR count). The Morgan fingerprint density at radius 2 is 1.89 bits per heavy atom. The fourth-order valence-corrected chi connectivity index (χ4v) is 3.48. The first-order chi connectivity index (χ1) is 16.6. The predicted molar refractivity (Wildman–Crippen MR) is 133 cm³/mol. The lowest BCUT2D eigenvalue weighted by Crippen LogP contribution is -2.46. The van der Waals surface area contributed by atoms with Gasteiger partial charge in [-0.25, -0.2) is 9.38 Å². The normalized spacial score (nSPS) is 20.5. The topological polar surface area (TPSA) is 103 Å². The molecule has 1 atom stereocenters. The van der Waals surface area contributed by atoms with E-state index in [1.807, 2.05) is 20.8 Å². The van der Waals surface area contributed by atoms with Gasteiger partial charge in [0.2, 0.25) is 5.91 Å². The zero-order chi connectivity index (χ0) is 26.6. The molecule has 35 heavy (non-hydrogen) atoms. The number of hydrogen-bond donors (Lipinski definition) is 4. The molecule has 1 aromatic rings. The molecule has 0 saturated carbocycles. The highest BCUT2D eigenvalue weighted by Gasteiger charge is 2.48. The van der Waals surface area contributed by atoms with Crippen molar-refractivity contribution in [3.05, 3.63) is 53.0 Å². The van der Waals surface area contributed by atoms with Gasteiger partial charge in [0.1, 0.15) is 11.7 Å². The lowest BCUT2D eigenvalue weighted by Gasteiger charge is -2.30. The third kappa shape index (κ3) is 8.93. The van der Waals surface area contributed by atoms with Crippen molar-refractivity contribution in [3.8, 4) is 0 Å². The average Bonchev–Trinajstić information content (AvgIpc) is 3.39. The number of piperidine rings is 1. The monoisotopic (exact) mass is 497 g/mol. The lowest BCUT2D eigenvalue weighted by atomic mass is 9.84. The van der Waals surface area contributed by atoms with Crippen molar-refractivity contribution < 1.29 is 22.4 Å². The van der Waals surface area contributed by atoms with E-state index in [1.165, 1.54) is 45.1 Å². The number of anilines is 1. The number of benzene rings is 1. The first-order valence-corrected chi connectivity index (χ1v) is 11.7. The van der Waals surface area contributed by atoms with Crippen LogP contribution in [0.2, 0.25) is 0 Å². The molecule has 0 aliphatic carbocycles.